The molecule has 0 saturated carbocycles. The molecule has 1 unspecified atom stereocenters. The van der Waals surface area contributed by atoms with E-state index in [1.807, 2.05) is 0 Å². The molecule has 0 radical (unpaired) electrons. The summed E-state index contributed by atoms with van der Waals surface area (Å²) in [5.74, 6) is 0. The van der Waals surface area contributed by atoms with Gasteiger partial charge >= 0.3 is 0 Å². The van der Waals surface area contributed by atoms with E-state index in [2.05, 4.69) is 0 Å². The second kappa shape index (κ2) is 15.7. The van der Waals surface area contributed by atoms with Gasteiger partial charge in [-0.1, -0.05) is 0 Å². The first-order valence-corrected chi connectivity index (χ1v) is 3.58. The minimum atomic E-state index is -0.167. The molecular weight excluding hydrogens is 159 g/mol. The number of hydrogen-bond donors (Lipinski definition) is 2. The van der Waals surface area contributed by atoms with Crippen molar-refractivity contribution in [2.24, 2.45) is 0 Å². The van der Waals surface area contributed by atoms with Crippen LogP contribution in [0.2, 0.25) is 0 Å². The van der Waals surface area contributed by atoms with E-state index < -0.39 is 0 Å². The number of aliphatic hydroxyl groups excluding tert-OH is 1. The van der Waals surface area contributed by atoms with Crippen LogP contribution >= 0.6 is 8.81 Å². The quantitative estimate of drug-likeness (QED) is 0.414. The van der Waals surface area contributed by atoms with Crippen molar-refractivity contribution in [3.8, 4) is 0 Å². The van der Waals surface area contributed by atoms with E-state index in [9.17, 15) is 0 Å². The zero-order valence-corrected chi connectivity index (χ0v) is 8.03. The molecule has 4 heteroatoms. The fourth-order valence-electron chi connectivity index (χ4n) is 0. The molecular formula is C4H13O2PTi. The van der Waals surface area contributed by atoms with E-state index in [1.165, 1.54) is 0 Å². The van der Waals surface area contributed by atoms with Crippen LogP contribution in [-0.2, 0) is 21.7 Å². The maximum Gasteiger partial charge on any atom is 0.0483 e. The van der Waals surface area contributed by atoms with Crippen LogP contribution < -0.4 is 0 Å². The van der Waals surface area contributed by atoms with Gasteiger partial charge in [-0.15, -0.1) is 0 Å². The Morgan fingerprint density at radius 2 is 1.38 bits per heavy atom. The van der Waals surface area contributed by atoms with Crippen LogP contribution in [0.25, 0.3) is 0 Å². The van der Waals surface area contributed by atoms with Gasteiger partial charge in [-0.2, -0.15) is 0 Å². The Morgan fingerprint density at radius 1 is 1.38 bits per heavy atom. The fourth-order valence-corrected chi connectivity index (χ4v) is 0. The van der Waals surface area contributed by atoms with Crippen LogP contribution in [0.5, 0.6) is 0 Å². The van der Waals surface area contributed by atoms with Gasteiger partial charge in [0.1, 0.15) is 0 Å². The van der Waals surface area contributed by atoms with E-state index >= 15 is 0 Å². The van der Waals surface area contributed by atoms with Gasteiger partial charge < -0.3 is 10.00 Å². The minimum absolute atomic E-state index is 0. The molecule has 0 fully saturated rings. The van der Waals surface area contributed by atoms with Crippen molar-refractivity contribution in [1.82, 2.24) is 0 Å². The second-order valence-electron chi connectivity index (χ2n) is 1.32. The normalized spacial score (nSPS) is 8.25. The molecule has 0 spiro atoms. The van der Waals surface area contributed by atoms with Crippen molar-refractivity contribution in [2.45, 2.75) is 20.0 Å². The first-order valence-electron chi connectivity index (χ1n) is 2.14. The Morgan fingerprint density at radius 3 is 1.38 bits per heavy atom. The van der Waals surface area contributed by atoms with Gasteiger partial charge in [-0.3, -0.25) is 0 Å². The summed E-state index contributed by atoms with van der Waals surface area (Å²) < 4.78 is 0. The largest absolute Gasteiger partial charge is 0.394 e. The molecule has 8 heavy (non-hydrogen) atoms. The second-order valence-corrected chi connectivity index (χ2v) is 1.76. The van der Waals surface area contributed by atoms with Gasteiger partial charge in [-0.25, -0.2) is 0 Å². The van der Waals surface area contributed by atoms with Crippen molar-refractivity contribution >= 4 is 8.81 Å². The summed E-state index contributed by atoms with van der Waals surface area (Å²) in [7, 11) is 0.0833. The maximum absolute atomic E-state index is 8.06. The van der Waals surface area contributed by atoms with Crippen molar-refractivity contribution < 1.29 is 31.7 Å². The molecule has 2 nitrogen and oxygen atoms in total. The topological polar surface area (TPSA) is 40.5 Å². The monoisotopic (exact) mass is 172 g/mol. The van der Waals surface area contributed by atoms with Crippen molar-refractivity contribution in [2.75, 3.05) is 6.66 Å². The van der Waals surface area contributed by atoms with Crippen molar-refractivity contribution in [3.63, 3.8) is 0 Å². The van der Waals surface area contributed by atoms with Crippen molar-refractivity contribution in [1.29, 1.82) is 0 Å². The summed E-state index contributed by atoms with van der Waals surface area (Å²) in [6, 6.07) is 0. The van der Waals surface area contributed by atoms with Crippen LogP contribution in [0.1, 0.15) is 13.8 Å². The van der Waals surface area contributed by atoms with Crippen LogP contribution in [0.15, 0.2) is 0 Å². The van der Waals surface area contributed by atoms with E-state index in [1.54, 1.807) is 20.5 Å². The molecule has 0 heterocycles. The van der Waals surface area contributed by atoms with Gasteiger partial charge in [0.15, 0.2) is 0 Å². The van der Waals surface area contributed by atoms with Crippen LogP contribution in [0.4, 0.5) is 0 Å². The smallest absolute Gasteiger partial charge is 0.0483 e. The van der Waals surface area contributed by atoms with E-state index in [0.717, 1.165) is 0 Å². The van der Waals surface area contributed by atoms with Gasteiger partial charge in [0.05, 0.1) is 0 Å². The molecule has 0 aliphatic carbocycles. The third-order valence-electron chi connectivity index (χ3n) is 0. The molecule has 0 aromatic heterocycles. The third-order valence-corrected chi connectivity index (χ3v) is 0. The van der Waals surface area contributed by atoms with Gasteiger partial charge in [-0.05, 0) is 20.5 Å². The van der Waals surface area contributed by atoms with Gasteiger partial charge in [0.25, 0.3) is 0 Å². The van der Waals surface area contributed by atoms with Crippen molar-refractivity contribution in [3.05, 3.63) is 0 Å². The first kappa shape index (κ1) is 16.0. The molecule has 0 saturated heterocycles. The molecule has 50 valence electrons. The number of aliphatic hydroxyl groups is 1. The molecule has 1 atom stereocenters. The molecule has 0 rings (SSSR count). The van der Waals surface area contributed by atoms with Gasteiger partial charge in [0.2, 0.25) is 0 Å². The average Bonchev–Trinajstić information content (AvgIpc) is 1.33. The third kappa shape index (κ3) is 229. The predicted octanol–water partition coefficient (Wildman–Crippen LogP) is 0.587. The predicted molar refractivity (Wildman–Crippen MR) is 33.8 cm³/mol. The van der Waals surface area contributed by atoms with Crippen LogP contribution in [-0.4, -0.2) is 22.8 Å². The Bertz CT molecular complexity index is 25.2. The Balaban J connectivity index is -0.0000000575. The summed E-state index contributed by atoms with van der Waals surface area (Å²) in [4.78, 5) is 7.60. The van der Waals surface area contributed by atoms with E-state index in [0.29, 0.717) is 0 Å². The summed E-state index contributed by atoms with van der Waals surface area (Å²) in [5.41, 5.74) is 0. The SMILES string of the molecule is CC(C)O.CPO.[Ti]. The van der Waals surface area contributed by atoms with E-state index in [4.69, 9.17) is 10.00 Å². The maximum atomic E-state index is 8.06. The summed E-state index contributed by atoms with van der Waals surface area (Å²) in [6.45, 7) is 5.15. The molecule has 2 N–H and O–H groups in total. The van der Waals surface area contributed by atoms with Gasteiger partial charge in [0, 0.05) is 36.6 Å². The molecule has 0 bridgehead atoms. The summed E-state index contributed by atoms with van der Waals surface area (Å²) in [6.07, 6.45) is -0.167. The number of hydrogen-bond acceptors (Lipinski definition) is 2. The fraction of sp³-hybridized carbons (Fsp3) is 1.00. The molecule has 0 aliphatic heterocycles. The molecule has 0 aromatic rings. The molecule has 0 aliphatic rings. The average molecular weight is 172 g/mol. The number of rotatable bonds is 0. The van der Waals surface area contributed by atoms with E-state index in [-0.39, 0.29) is 36.6 Å². The van der Waals surface area contributed by atoms with Crippen LogP contribution in [0.3, 0.4) is 0 Å². The Hall–Kier alpha value is 1.06. The van der Waals surface area contributed by atoms with Crippen LogP contribution in [0, 0.1) is 0 Å². The molecule has 0 amide bonds. The summed E-state index contributed by atoms with van der Waals surface area (Å²) >= 11 is 0. The minimum Gasteiger partial charge on any atom is -0.394 e. The Kier molecular flexibility index (Phi) is 31.4. The first-order chi connectivity index (χ1) is 3.15. The molecule has 0 aromatic carbocycles. The Labute approximate surface area is 67.4 Å². The zero-order valence-electron chi connectivity index (χ0n) is 5.47. The zero-order chi connectivity index (χ0) is 6.28. The summed E-state index contributed by atoms with van der Waals surface area (Å²) in [5, 5.41) is 8.06. The standard InChI is InChI=1S/C3H8O.CH5OP.Ti/c1-3(2)4;1-3-2;/h3-4H,1-2H3;2-3H,1H3;.